The third-order valence-electron chi connectivity index (χ3n) is 14.1. The van der Waals surface area contributed by atoms with Crippen molar-refractivity contribution in [2.45, 2.75) is 361 Å². The van der Waals surface area contributed by atoms with Gasteiger partial charge in [-0.2, -0.15) is 0 Å². The van der Waals surface area contributed by atoms with Crippen LogP contribution in [-0.2, 0) is 28.6 Å². The Morgan fingerprint density at radius 1 is 0.239 bits per heavy atom. The van der Waals surface area contributed by atoms with E-state index in [-0.39, 0.29) is 31.1 Å². The van der Waals surface area contributed by atoms with E-state index in [0.29, 0.717) is 19.3 Å². The first-order valence-corrected chi connectivity index (χ1v) is 30.5. The maximum absolute atomic E-state index is 12.8. The third kappa shape index (κ3) is 55.2. The molecule has 0 fully saturated rings. The highest BCUT2D eigenvalue weighted by atomic mass is 16.6. The molecular weight excluding hydrogens is 829 g/mol. The molecule has 0 aromatic heterocycles. The molecule has 6 heteroatoms. The highest BCUT2D eigenvalue weighted by molar-refractivity contribution is 5.71. The molecule has 0 N–H and O–H groups in total. The minimum Gasteiger partial charge on any atom is -0.462 e. The van der Waals surface area contributed by atoms with Gasteiger partial charge in [0, 0.05) is 19.3 Å². The average Bonchev–Trinajstić information content (AvgIpc) is 3.33. The first kappa shape index (κ1) is 65.4. The number of hydrogen-bond donors (Lipinski definition) is 0. The second-order valence-corrected chi connectivity index (χ2v) is 21.0. The van der Waals surface area contributed by atoms with Gasteiger partial charge in [0.05, 0.1) is 0 Å². The minimum absolute atomic E-state index is 0.0621. The Hall–Kier alpha value is -1.59. The van der Waals surface area contributed by atoms with Crippen molar-refractivity contribution < 1.29 is 28.6 Å². The Labute approximate surface area is 418 Å². The first-order chi connectivity index (χ1) is 33.0. The molecule has 0 aromatic rings. The van der Waals surface area contributed by atoms with Crippen molar-refractivity contribution in [1.82, 2.24) is 0 Å². The number of carbonyl (C=O) groups excluding carboxylic acids is 3. The van der Waals surface area contributed by atoms with Gasteiger partial charge in [-0.3, -0.25) is 14.4 Å². The maximum atomic E-state index is 12.8. The second kappa shape index (κ2) is 57.0. The van der Waals surface area contributed by atoms with Crippen molar-refractivity contribution in [1.29, 1.82) is 0 Å². The van der Waals surface area contributed by atoms with Crippen LogP contribution < -0.4 is 0 Å². The number of unbranched alkanes of at least 4 members (excludes halogenated alkanes) is 46. The quantitative estimate of drug-likeness (QED) is 0.0343. The van der Waals surface area contributed by atoms with Crippen LogP contribution in [0.2, 0.25) is 0 Å². The fraction of sp³-hybridized carbons (Fsp3) is 0.951. The molecule has 0 bridgehead atoms. The summed E-state index contributed by atoms with van der Waals surface area (Å²) in [5.74, 6) is -0.844. The first-order valence-electron chi connectivity index (χ1n) is 30.5. The molecule has 0 rings (SSSR count). The summed E-state index contributed by atoms with van der Waals surface area (Å²) < 4.78 is 16.8. The Balaban J connectivity index is 3.95. The predicted molar refractivity (Wildman–Crippen MR) is 289 cm³/mol. The lowest BCUT2D eigenvalue weighted by Crippen LogP contribution is -2.30. The Kier molecular flexibility index (Phi) is 55.6. The zero-order chi connectivity index (χ0) is 48.6. The van der Waals surface area contributed by atoms with Crippen molar-refractivity contribution in [3.8, 4) is 0 Å². The zero-order valence-corrected chi connectivity index (χ0v) is 45.7. The molecule has 67 heavy (non-hydrogen) atoms. The van der Waals surface area contributed by atoms with Gasteiger partial charge >= 0.3 is 17.9 Å². The number of carbonyl (C=O) groups is 3. The van der Waals surface area contributed by atoms with Crippen LogP contribution in [0.5, 0.6) is 0 Å². The summed E-state index contributed by atoms with van der Waals surface area (Å²) >= 11 is 0. The van der Waals surface area contributed by atoms with Gasteiger partial charge in [0.1, 0.15) is 13.2 Å². The Morgan fingerprint density at radius 2 is 0.403 bits per heavy atom. The van der Waals surface area contributed by atoms with Gasteiger partial charge < -0.3 is 14.2 Å². The van der Waals surface area contributed by atoms with Gasteiger partial charge in [-0.25, -0.2) is 0 Å². The predicted octanol–water partition coefficient (Wildman–Crippen LogP) is 20.3. The lowest BCUT2D eigenvalue weighted by atomic mass is 10.0. The van der Waals surface area contributed by atoms with Crippen LogP contribution in [0, 0.1) is 0 Å². The summed E-state index contributed by atoms with van der Waals surface area (Å²) in [7, 11) is 0. The van der Waals surface area contributed by atoms with Crippen LogP contribution in [0.4, 0.5) is 0 Å². The SMILES string of the molecule is CCCCCCCCCCCCCCCCCCCCCCCCCCCCCCCC(=O)OCC(COC(=O)CCCCCCCCC)OC(=O)CCCCCCCCCCCCCCC. The molecule has 0 radical (unpaired) electrons. The molecule has 0 amide bonds. The zero-order valence-electron chi connectivity index (χ0n) is 45.7. The Bertz CT molecular complexity index is 998. The van der Waals surface area contributed by atoms with Crippen LogP contribution in [0.15, 0.2) is 0 Å². The highest BCUT2D eigenvalue weighted by Gasteiger charge is 2.19. The molecule has 0 aliphatic heterocycles. The van der Waals surface area contributed by atoms with Crippen LogP contribution in [0.3, 0.4) is 0 Å². The van der Waals surface area contributed by atoms with Gasteiger partial charge in [0.2, 0.25) is 0 Å². The highest BCUT2D eigenvalue weighted by Crippen LogP contribution is 2.18. The third-order valence-corrected chi connectivity index (χ3v) is 14.1. The van der Waals surface area contributed by atoms with Crippen LogP contribution in [0.1, 0.15) is 355 Å². The fourth-order valence-corrected chi connectivity index (χ4v) is 9.51. The van der Waals surface area contributed by atoms with Crippen molar-refractivity contribution in [3.05, 3.63) is 0 Å². The van der Waals surface area contributed by atoms with E-state index in [4.69, 9.17) is 14.2 Å². The Morgan fingerprint density at radius 3 is 0.597 bits per heavy atom. The van der Waals surface area contributed by atoms with E-state index in [1.54, 1.807) is 0 Å². The number of esters is 3. The summed E-state index contributed by atoms with van der Waals surface area (Å²) in [6.45, 7) is 6.66. The lowest BCUT2D eigenvalue weighted by molar-refractivity contribution is -0.167. The molecule has 0 heterocycles. The van der Waals surface area contributed by atoms with Crippen LogP contribution in [0.25, 0.3) is 0 Å². The smallest absolute Gasteiger partial charge is 0.306 e. The van der Waals surface area contributed by atoms with E-state index < -0.39 is 6.10 Å². The molecule has 0 saturated carbocycles. The van der Waals surface area contributed by atoms with E-state index in [1.165, 1.54) is 257 Å². The molecule has 398 valence electrons. The molecule has 0 aliphatic rings. The van der Waals surface area contributed by atoms with Crippen molar-refractivity contribution >= 4 is 17.9 Å². The summed E-state index contributed by atoms with van der Waals surface area (Å²) in [5.41, 5.74) is 0. The summed E-state index contributed by atoms with van der Waals surface area (Å²) in [6, 6.07) is 0. The molecule has 0 aliphatic carbocycles. The minimum atomic E-state index is -0.759. The summed E-state index contributed by atoms with van der Waals surface area (Å²) in [4.78, 5) is 37.9. The van der Waals surface area contributed by atoms with Gasteiger partial charge in [-0.05, 0) is 19.3 Å². The molecule has 6 nitrogen and oxygen atoms in total. The molecule has 0 spiro atoms. The fourth-order valence-electron chi connectivity index (χ4n) is 9.51. The average molecular weight is 948 g/mol. The monoisotopic (exact) mass is 947 g/mol. The second-order valence-electron chi connectivity index (χ2n) is 21.0. The van der Waals surface area contributed by atoms with Crippen molar-refractivity contribution in [3.63, 3.8) is 0 Å². The summed E-state index contributed by atoms with van der Waals surface area (Å²) in [5, 5.41) is 0. The van der Waals surface area contributed by atoms with E-state index in [0.717, 1.165) is 57.8 Å². The number of hydrogen-bond acceptors (Lipinski definition) is 6. The molecular formula is C61H118O6. The van der Waals surface area contributed by atoms with E-state index >= 15 is 0 Å². The van der Waals surface area contributed by atoms with Crippen molar-refractivity contribution in [2.75, 3.05) is 13.2 Å². The lowest BCUT2D eigenvalue weighted by Gasteiger charge is -2.18. The number of ether oxygens (including phenoxy) is 3. The van der Waals surface area contributed by atoms with Crippen LogP contribution >= 0.6 is 0 Å². The topological polar surface area (TPSA) is 78.9 Å². The van der Waals surface area contributed by atoms with Gasteiger partial charge in [-0.15, -0.1) is 0 Å². The molecule has 1 atom stereocenters. The van der Waals surface area contributed by atoms with E-state index in [1.807, 2.05) is 0 Å². The van der Waals surface area contributed by atoms with Gasteiger partial charge in [0.25, 0.3) is 0 Å². The number of rotatable bonds is 57. The van der Waals surface area contributed by atoms with Gasteiger partial charge in [0.15, 0.2) is 6.10 Å². The van der Waals surface area contributed by atoms with Crippen molar-refractivity contribution in [2.24, 2.45) is 0 Å². The van der Waals surface area contributed by atoms with Gasteiger partial charge in [-0.1, -0.05) is 316 Å². The normalized spacial score (nSPS) is 11.9. The van der Waals surface area contributed by atoms with Crippen LogP contribution in [-0.4, -0.2) is 37.2 Å². The maximum Gasteiger partial charge on any atom is 0.306 e. The van der Waals surface area contributed by atoms with E-state index in [2.05, 4.69) is 20.8 Å². The molecule has 0 saturated heterocycles. The van der Waals surface area contributed by atoms with E-state index in [9.17, 15) is 14.4 Å². The molecule has 1 unspecified atom stereocenters. The standard InChI is InChI=1S/C61H118O6/c1-4-7-10-13-16-18-20-22-23-24-25-26-27-28-29-30-31-32-33-34-35-36-37-39-40-42-45-48-51-54-60(63)66-57-58(56-65-59(62)53-50-47-44-15-12-9-6-3)67-61(64)55-52-49-46-43-41-38-21-19-17-14-11-8-5-2/h58H,4-57H2,1-3H3. The molecule has 0 aromatic carbocycles. The summed E-state index contributed by atoms with van der Waals surface area (Å²) in [6.07, 6.45) is 64.3. The largest absolute Gasteiger partial charge is 0.462 e.